The Labute approximate surface area is 114 Å². The Kier molecular flexibility index (Phi) is 4.82. The first-order valence-corrected chi connectivity index (χ1v) is 6.53. The van der Waals surface area contributed by atoms with Crippen LogP contribution in [0.2, 0.25) is 0 Å². The lowest BCUT2D eigenvalue weighted by Crippen LogP contribution is -2.23. The van der Waals surface area contributed by atoms with Gasteiger partial charge in [0, 0.05) is 19.6 Å². The van der Waals surface area contributed by atoms with Crippen molar-refractivity contribution in [2.24, 2.45) is 0 Å². The number of aromatic hydroxyl groups is 1. The van der Waals surface area contributed by atoms with E-state index in [9.17, 15) is 5.11 Å². The zero-order valence-electron chi connectivity index (χ0n) is 11.3. The second-order valence-corrected chi connectivity index (χ2v) is 4.77. The van der Waals surface area contributed by atoms with E-state index in [1.54, 1.807) is 19.3 Å². The maximum Gasteiger partial charge on any atom is 0.160 e. The minimum Gasteiger partial charge on any atom is -0.504 e. The standard InChI is InChI=1S/C15H21NO3/c1-3-8-19-13-6-7-16(11-13)10-12-4-5-14(17)15(9-12)18-2/h3-5,9,13,17H,1,6-8,10-11H2,2H3/t13-/m0/s1. The summed E-state index contributed by atoms with van der Waals surface area (Å²) in [4.78, 5) is 2.35. The molecular formula is C15H21NO3. The van der Waals surface area contributed by atoms with Crippen LogP contribution in [0.15, 0.2) is 30.9 Å². The summed E-state index contributed by atoms with van der Waals surface area (Å²) in [6, 6.07) is 5.49. The van der Waals surface area contributed by atoms with Crippen LogP contribution in [0.3, 0.4) is 0 Å². The van der Waals surface area contributed by atoms with Crippen LogP contribution < -0.4 is 4.74 Å². The fraction of sp³-hybridized carbons (Fsp3) is 0.467. The minimum absolute atomic E-state index is 0.180. The van der Waals surface area contributed by atoms with Gasteiger partial charge in [0.25, 0.3) is 0 Å². The summed E-state index contributed by atoms with van der Waals surface area (Å²) in [5.74, 6) is 0.705. The van der Waals surface area contributed by atoms with Crippen molar-refractivity contribution in [2.75, 3.05) is 26.8 Å². The quantitative estimate of drug-likeness (QED) is 0.799. The summed E-state index contributed by atoms with van der Waals surface area (Å²) < 4.78 is 10.8. The van der Waals surface area contributed by atoms with Gasteiger partial charge in [0.05, 0.1) is 19.8 Å². The van der Waals surface area contributed by atoms with Crippen molar-refractivity contribution in [1.29, 1.82) is 0 Å². The molecule has 0 unspecified atom stereocenters. The van der Waals surface area contributed by atoms with Gasteiger partial charge in [-0.1, -0.05) is 12.1 Å². The summed E-state index contributed by atoms with van der Waals surface area (Å²) in [6.07, 6.45) is 3.15. The topological polar surface area (TPSA) is 41.9 Å². The number of ether oxygens (including phenoxy) is 2. The number of rotatable bonds is 6. The van der Waals surface area contributed by atoms with E-state index in [2.05, 4.69) is 11.5 Å². The lowest BCUT2D eigenvalue weighted by molar-refractivity contribution is 0.0795. The number of methoxy groups -OCH3 is 1. The third kappa shape index (κ3) is 3.72. The van der Waals surface area contributed by atoms with Crippen molar-refractivity contribution < 1.29 is 14.6 Å². The summed E-state index contributed by atoms with van der Waals surface area (Å²) in [5, 5.41) is 9.57. The third-order valence-corrected chi connectivity index (χ3v) is 3.33. The van der Waals surface area contributed by atoms with Gasteiger partial charge in [-0.25, -0.2) is 0 Å². The minimum atomic E-state index is 0.180. The Balaban J connectivity index is 1.90. The molecule has 1 atom stereocenters. The largest absolute Gasteiger partial charge is 0.504 e. The second-order valence-electron chi connectivity index (χ2n) is 4.77. The highest BCUT2D eigenvalue weighted by Gasteiger charge is 2.22. The monoisotopic (exact) mass is 263 g/mol. The highest BCUT2D eigenvalue weighted by molar-refractivity contribution is 5.41. The Bertz CT molecular complexity index is 433. The number of hydrogen-bond donors (Lipinski definition) is 1. The van der Waals surface area contributed by atoms with Crippen LogP contribution in [0, 0.1) is 0 Å². The second kappa shape index (κ2) is 6.59. The molecule has 0 aromatic heterocycles. The molecule has 1 aromatic carbocycles. The zero-order chi connectivity index (χ0) is 13.7. The van der Waals surface area contributed by atoms with Crippen molar-refractivity contribution >= 4 is 0 Å². The normalized spacial score (nSPS) is 19.5. The number of nitrogens with zero attached hydrogens (tertiary/aromatic N) is 1. The SMILES string of the molecule is C=CCO[C@H]1CCN(Cc2ccc(O)c(OC)c2)C1. The lowest BCUT2D eigenvalue weighted by Gasteiger charge is -2.16. The van der Waals surface area contributed by atoms with Crippen LogP contribution >= 0.6 is 0 Å². The lowest BCUT2D eigenvalue weighted by atomic mass is 10.2. The molecule has 0 amide bonds. The number of phenolic OH excluding ortho intramolecular Hbond substituents is 1. The molecule has 1 fully saturated rings. The summed E-state index contributed by atoms with van der Waals surface area (Å²) in [5.41, 5.74) is 1.14. The molecule has 0 spiro atoms. The van der Waals surface area contributed by atoms with E-state index in [-0.39, 0.29) is 5.75 Å². The average Bonchev–Trinajstić information content (AvgIpc) is 2.86. The predicted octanol–water partition coefficient (Wildman–Crippen LogP) is 2.18. The molecule has 0 bridgehead atoms. The molecule has 1 aliphatic rings. The molecule has 1 N–H and O–H groups in total. The van der Waals surface area contributed by atoms with Crippen molar-refractivity contribution in [3.63, 3.8) is 0 Å². The van der Waals surface area contributed by atoms with Crippen molar-refractivity contribution in [2.45, 2.75) is 19.1 Å². The van der Waals surface area contributed by atoms with Crippen molar-refractivity contribution in [3.8, 4) is 11.5 Å². The van der Waals surface area contributed by atoms with Gasteiger partial charge in [-0.05, 0) is 24.1 Å². The molecule has 4 heteroatoms. The molecule has 0 saturated carbocycles. The zero-order valence-corrected chi connectivity index (χ0v) is 11.3. The van der Waals surface area contributed by atoms with Crippen LogP contribution in [0.4, 0.5) is 0 Å². The maximum absolute atomic E-state index is 9.57. The summed E-state index contributed by atoms with van der Waals surface area (Å²) >= 11 is 0. The van der Waals surface area contributed by atoms with E-state index in [1.807, 2.05) is 12.1 Å². The number of likely N-dealkylation sites (tertiary alicyclic amines) is 1. The van der Waals surface area contributed by atoms with Crippen LogP contribution in [0.25, 0.3) is 0 Å². The molecule has 1 aliphatic heterocycles. The first kappa shape index (κ1) is 13.9. The molecule has 0 aliphatic carbocycles. The average molecular weight is 263 g/mol. The first-order chi connectivity index (χ1) is 9.22. The van der Waals surface area contributed by atoms with E-state index in [1.165, 1.54) is 0 Å². The molecular weight excluding hydrogens is 242 g/mol. The summed E-state index contributed by atoms with van der Waals surface area (Å²) in [7, 11) is 1.56. The highest BCUT2D eigenvalue weighted by Crippen LogP contribution is 2.27. The fourth-order valence-corrected chi connectivity index (χ4v) is 2.36. The molecule has 0 radical (unpaired) electrons. The first-order valence-electron chi connectivity index (χ1n) is 6.53. The molecule has 4 nitrogen and oxygen atoms in total. The molecule has 2 rings (SSSR count). The van der Waals surface area contributed by atoms with Crippen LogP contribution in [-0.4, -0.2) is 42.9 Å². The van der Waals surface area contributed by atoms with Crippen LogP contribution in [0.1, 0.15) is 12.0 Å². The van der Waals surface area contributed by atoms with Gasteiger partial charge < -0.3 is 14.6 Å². The molecule has 1 heterocycles. The molecule has 19 heavy (non-hydrogen) atoms. The van der Waals surface area contributed by atoms with E-state index in [0.717, 1.165) is 31.6 Å². The van der Waals surface area contributed by atoms with Crippen LogP contribution in [0.5, 0.6) is 11.5 Å². The molecule has 1 saturated heterocycles. The Hall–Kier alpha value is -1.52. The highest BCUT2D eigenvalue weighted by atomic mass is 16.5. The Morgan fingerprint density at radius 2 is 2.37 bits per heavy atom. The van der Waals surface area contributed by atoms with Gasteiger partial charge in [-0.15, -0.1) is 6.58 Å². The number of hydrogen-bond acceptors (Lipinski definition) is 4. The number of benzene rings is 1. The predicted molar refractivity (Wildman–Crippen MR) is 74.5 cm³/mol. The van der Waals surface area contributed by atoms with Crippen LogP contribution in [-0.2, 0) is 11.3 Å². The van der Waals surface area contributed by atoms with Gasteiger partial charge in [-0.2, -0.15) is 0 Å². The van der Waals surface area contributed by atoms with Gasteiger partial charge >= 0.3 is 0 Å². The van der Waals surface area contributed by atoms with E-state index >= 15 is 0 Å². The van der Waals surface area contributed by atoms with E-state index in [4.69, 9.17) is 9.47 Å². The van der Waals surface area contributed by atoms with Gasteiger partial charge in [0.1, 0.15) is 0 Å². The fourth-order valence-electron chi connectivity index (χ4n) is 2.36. The Morgan fingerprint density at radius 3 is 3.11 bits per heavy atom. The van der Waals surface area contributed by atoms with E-state index in [0.29, 0.717) is 18.5 Å². The van der Waals surface area contributed by atoms with E-state index < -0.39 is 0 Å². The van der Waals surface area contributed by atoms with Crippen molar-refractivity contribution in [3.05, 3.63) is 36.4 Å². The smallest absolute Gasteiger partial charge is 0.160 e. The van der Waals surface area contributed by atoms with Crippen molar-refractivity contribution in [1.82, 2.24) is 4.90 Å². The molecule has 1 aromatic rings. The summed E-state index contributed by atoms with van der Waals surface area (Å²) in [6.45, 7) is 7.10. The number of phenols is 1. The third-order valence-electron chi connectivity index (χ3n) is 3.33. The van der Waals surface area contributed by atoms with Gasteiger partial charge in [0.2, 0.25) is 0 Å². The van der Waals surface area contributed by atoms with Gasteiger partial charge in [0.15, 0.2) is 11.5 Å². The maximum atomic E-state index is 9.57. The van der Waals surface area contributed by atoms with Gasteiger partial charge in [-0.3, -0.25) is 4.90 Å². The molecule has 104 valence electrons. The Morgan fingerprint density at radius 1 is 1.53 bits per heavy atom.